The average Bonchev–Trinajstić information content (AvgIpc) is 3.21. The van der Waals surface area contributed by atoms with Crippen molar-refractivity contribution in [2.75, 3.05) is 26.0 Å². The molecule has 3 aliphatic rings. The molecule has 4 rings (SSSR count). The molecular formula is C24H38N2O4S. The minimum Gasteiger partial charge on any atom is -0.381 e. The molecular weight excluding hydrogens is 412 g/mol. The quantitative estimate of drug-likeness (QED) is 0.762. The minimum absolute atomic E-state index is 0.0805. The van der Waals surface area contributed by atoms with Crippen LogP contribution >= 0.6 is 0 Å². The van der Waals surface area contributed by atoms with Gasteiger partial charge in [-0.05, 0) is 61.8 Å². The van der Waals surface area contributed by atoms with Crippen molar-refractivity contribution in [2.45, 2.75) is 82.3 Å². The lowest BCUT2D eigenvalue weighted by molar-refractivity contribution is -0.136. The molecule has 1 amide bonds. The van der Waals surface area contributed by atoms with Crippen molar-refractivity contribution in [3.05, 3.63) is 29.3 Å². The van der Waals surface area contributed by atoms with Crippen LogP contribution in [0.15, 0.2) is 23.1 Å². The summed E-state index contributed by atoms with van der Waals surface area (Å²) in [5.41, 5.74) is 2.12. The fourth-order valence-electron chi connectivity index (χ4n) is 4.77. The molecule has 1 saturated heterocycles. The van der Waals surface area contributed by atoms with E-state index in [-0.39, 0.29) is 11.8 Å². The highest BCUT2D eigenvalue weighted by atomic mass is 32.2. The summed E-state index contributed by atoms with van der Waals surface area (Å²) in [6.07, 6.45) is 8.28. The summed E-state index contributed by atoms with van der Waals surface area (Å²) >= 11 is 0. The lowest BCUT2D eigenvalue weighted by Crippen LogP contribution is -2.42. The highest BCUT2D eigenvalue weighted by Crippen LogP contribution is 2.31. The zero-order valence-electron chi connectivity index (χ0n) is 19.2. The van der Waals surface area contributed by atoms with Gasteiger partial charge in [-0.15, -0.1) is 0 Å². The third kappa shape index (κ3) is 6.53. The van der Waals surface area contributed by atoms with E-state index in [1.165, 1.54) is 12.7 Å². The number of nitrogens with one attached hydrogen (secondary N) is 1. The number of carbonyl (C=O) groups excluding carboxylic acids is 1. The molecule has 1 aromatic rings. The Morgan fingerprint density at radius 2 is 1.81 bits per heavy atom. The monoisotopic (exact) mass is 450 g/mol. The zero-order valence-corrected chi connectivity index (χ0v) is 20.0. The Hall–Kier alpha value is -1.44. The topological polar surface area (TPSA) is 75.7 Å². The first-order valence-electron chi connectivity index (χ1n) is 11.8. The molecule has 2 fully saturated rings. The van der Waals surface area contributed by atoms with Crippen LogP contribution in [0.4, 0.5) is 0 Å². The maximum absolute atomic E-state index is 13.1. The Kier molecular flexibility index (Phi) is 8.53. The van der Waals surface area contributed by atoms with Crippen molar-refractivity contribution in [2.24, 2.45) is 5.92 Å². The predicted molar refractivity (Wildman–Crippen MR) is 123 cm³/mol. The normalized spacial score (nSPS) is 24.3. The molecule has 0 radical (unpaired) electrons. The Labute approximate surface area is 187 Å². The van der Waals surface area contributed by atoms with Gasteiger partial charge < -0.3 is 15.0 Å². The van der Waals surface area contributed by atoms with Crippen molar-refractivity contribution in [3.8, 4) is 0 Å². The van der Waals surface area contributed by atoms with Crippen molar-refractivity contribution in [3.63, 3.8) is 0 Å². The summed E-state index contributed by atoms with van der Waals surface area (Å²) in [4.78, 5) is 15.4. The minimum atomic E-state index is -3.23. The SMILES string of the molecule is CCC.CS(=O)(=O)c1ccc2c(c1)CN(C(=O)C1CCC(NC3CCOCC3)C1)CC2. The van der Waals surface area contributed by atoms with Crippen molar-refractivity contribution in [1.82, 2.24) is 10.2 Å². The largest absolute Gasteiger partial charge is 0.381 e. The lowest BCUT2D eigenvalue weighted by atomic mass is 9.97. The second-order valence-corrected chi connectivity index (χ2v) is 11.2. The van der Waals surface area contributed by atoms with Gasteiger partial charge in [-0.3, -0.25) is 4.79 Å². The number of nitrogens with zero attached hydrogens (tertiary/aromatic N) is 1. The van der Waals surface area contributed by atoms with E-state index in [0.29, 0.717) is 23.5 Å². The van der Waals surface area contributed by atoms with Crippen LogP contribution in [0.5, 0.6) is 0 Å². The fraction of sp³-hybridized carbons (Fsp3) is 0.708. The number of hydrogen-bond acceptors (Lipinski definition) is 5. The highest BCUT2D eigenvalue weighted by Gasteiger charge is 2.34. The van der Waals surface area contributed by atoms with Gasteiger partial charge in [0.05, 0.1) is 4.90 Å². The summed E-state index contributed by atoms with van der Waals surface area (Å²) < 4.78 is 29.1. The number of rotatable bonds is 4. The average molecular weight is 451 g/mol. The van der Waals surface area contributed by atoms with Gasteiger partial charge in [0.1, 0.15) is 0 Å². The van der Waals surface area contributed by atoms with Gasteiger partial charge in [-0.25, -0.2) is 8.42 Å². The predicted octanol–water partition coefficient (Wildman–Crippen LogP) is 3.33. The third-order valence-corrected chi connectivity index (χ3v) is 7.51. The summed E-state index contributed by atoms with van der Waals surface area (Å²) in [6.45, 7) is 7.15. The number of hydrogen-bond donors (Lipinski definition) is 1. The number of carbonyl (C=O) groups is 1. The number of amides is 1. The molecule has 6 nitrogen and oxygen atoms in total. The zero-order chi connectivity index (χ0) is 22.4. The van der Waals surface area contributed by atoms with Crippen LogP contribution in [0.2, 0.25) is 0 Å². The second kappa shape index (κ2) is 10.9. The van der Waals surface area contributed by atoms with Crippen LogP contribution in [-0.2, 0) is 32.3 Å². The lowest BCUT2D eigenvalue weighted by Gasteiger charge is -2.31. The van der Waals surface area contributed by atoms with E-state index in [4.69, 9.17) is 4.74 Å². The molecule has 174 valence electrons. The van der Waals surface area contributed by atoms with E-state index < -0.39 is 9.84 Å². The van der Waals surface area contributed by atoms with E-state index in [2.05, 4.69) is 19.2 Å². The first-order chi connectivity index (χ1) is 14.8. The van der Waals surface area contributed by atoms with Crippen LogP contribution < -0.4 is 5.32 Å². The first kappa shape index (κ1) is 24.2. The maximum atomic E-state index is 13.1. The fourth-order valence-corrected chi connectivity index (χ4v) is 5.44. The van der Waals surface area contributed by atoms with Gasteiger partial charge in [0, 0.05) is 50.6 Å². The van der Waals surface area contributed by atoms with Crippen molar-refractivity contribution in [1.29, 1.82) is 0 Å². The van der Waals surface area contributed by atoms with E-state index in [0.717, 1.165) is 69.4 Å². The summed E-state index contributed by atoms with van der Waals surface area (Å²) in [7, 11) is -3.23. The molecule has 1 aromatic carbocycles. The van der Waals surface area contributed by atoms with Gasteiger partial charge >= 0.3 is 0 Å². The molecule has 2 unspecified atom stereocenters. The number of benzene rings is 1. The van der Waals surface area contributed by atoms with Crippen LogP contribution in [0, 0.1) is 5.92 Å². The Balaban J connectivity index is 0.000000858. The standard InChI is InChI=1S/C21H30N2O4S.C3H8/c1-28(25,26)20-5-3-15-6-9-23(14-17(15)13-20)21(24)16-2-4-19(12-16)22-18-7-10-27-11-8-18;1-3-2/h3,5,13,16,18-19,22H,2,4,6-12,14H2,1H3;3H2,1-2H3. The molecule has 2 atom stereocenters. The molecule has 0 bridgehead atoms. The van der Waals surface area contributed by atoms with Crippen molar-refractivity contribution < 1.29 is 17.9 Å². The molecule has 0 aromatic heterocycles. The van der Waals surface area contributed by atoms with Gasteiger partial charge in [0.2, 0.25) is 5.91 Å². The van der Waals surface area contributed by atoms with E-state index in [9.17, 15) is 13.2 Å². The molecule has 7 heteroatoms. The first-order valence-corrected chi connectivity index (χ1v) is 13.6. The van der Waals surface area contributed by atoms with Gasteiger partial charge in [0.25, 0.3) is 0 Å². The third-order valence-electron chi connectivity index (χ3n) is 6.40. The van der Waals surface area contributed by atoms with Crippen LogP contribution in [0.3, 0.4) is 0 Å². The maximum Gasteiger partial charge on any atom is 0.226 e. The van der Waals surface area contributed by atoms with Gasteiger partial charge in [-0.2, -0.15) is 0 Å². The van der Waals surface area contributed by atoms with Gasteiger partial charge in [-0.1, -0.05) is 26.3 Å². The second-order valence-electron chi connectivity index (χ2n) is 9.18. The Morgan fingerprint density at radius 3 is 2.48 bits per heavy atom. The van der Waals surface area contributed by atoms with Crippen LogP contribution in [0.1, 0.15) is 63.5 Å². The number of sulfone groups is 1. The summed E-state index contributed by atoms with van der Waals surface area (Å²) in [6, 6.07) is 6.26. The van der Waals surface area contributed by atoms with Gasteiger partial charge in [0.15, 0.2) is 9.84 Å². The van der Waals surface area contributed by atoms with E-state index in [1.807, 2.05) is 11.0 Å². The Bertz CT molecular complexity index is 849. The molecule has 2 heterocycles. The van der Waals surface area contributed by atoms with Crippen LogP contribution in [0.25, 0.3) is 0 Å². The number of ether oxygens (including phenoxy) is 1. The number of fused-ring (bicyclic) bond motifs is 1. The smallest absolute Gasteiger partial charge is 0.226 e. The molecule has 1 aliphatic carbocycles. The molecule has 1 N–H and O–H groups in total. The van der Waals surface area contributed by atoms with Crippen molar-refractivity contribution >= 4 is 15.7 Å². The molecule has 0 spiro atoms. The summed E-state index contributed by atoms with van der Waals surface area (Å²) in [5, 5.41) is 3.73. The van der Waals surface area contributed by atoms with E-state index in [1.54, 1.807) is 12.1 Å². The highest BCUT2D eigenvalue weighted by molar-refractivity contribution is 7.90. The summed E-state index contributed by atoms with van der Waals surface area (Å²) in [5.74, 6) is 0.309. The molecule has 31 heavy (non-hydrogen) atoms. The van der Waals surface area contributed by atoms with Crippen LogP contribution in [-0.4, -0.2) is 57.3 Å². The van der Waals surface area contributed by atoms with E-state index >= 15 is 0 Å². The molecule has 2 aliphatic heterocycles. The Morgan fingerprint density at radius 1 is 1.10 bits per heavy atom. The molecule has 1 saturated carbocycles.